The Hall–Kier alpha value is -1.78. The molecule has 0 aliphatic heterocycles. The van der Waals surface area contributed by atoms with Gasteiger partial charge in [0.2, 0.25) is 5.91 Å². The third-order valence-electron chi connectivity index (χ3n) is 3.19. The Labute approximate surface area is 166 Å². The molecule has 0 atom stereocenters. The van der Waals surface area contributed by atoms with Crippen molar-refractivity contribution in [2.24, 2.45) is 0 Å². The van der Waals surface area contributed by atoms with Gasteiger partial charge in [-0.25, -0.2) is 4.79 Å². The van der Waals surface area contributed by atoms with E-state index in [-0.39, 0.29) is 49.9 Å². The Morgan fingerprint density at radius 3 is 2.58 bits per heavy atom. The number of hydrogen-bond acceptors (Lipinski definition) is 2. The number of carbonyl (C=O) groups excluding carboxylic acids is 1. The normalized spacial score (nSPS) is 10.2. The third kappa shape index (κ3) is 6.02. The van der Waals surface area contributed by atoms with Crippen molar-refractivity contribution in [3.05, 3.63) is 78.2 Å². The summed E-state index contributed by atoms with van der Waals surface area (Å²) in [6.45, 7) is 3.79. The predicted molar refractivity (Wildman–Crippen MR) is 90.0 cm³/mol. The van der Waals surface area contributed by atoms with Crippen molar-refractivity contribution in [2.75, 3.05) is 5.32 Å². The summed E-state index contributed by atoms with van der Waals surface area (Å²) in [6, 6.07) is 15.1. The van der Waals surface area contributed by atoms with E-state index in [0.29, 0.717) is 0 Å². The van der Waals surface area contributed by atoms with Gasteiger partial charge >= 0.3 is 5.97 Å². The second-order valence-corrected chi connectivity index (χ2v) is 4.92. The Kier molecular flexibility index (Phi) is 8.58. The van der Waals surface area contributed by atoms with Crippen molar-refractivity contribution in [3.8, 4) is 0 Å². The Balaban J connectivity index is 0.00000288. The SMILES string of the molecule is [CH2-]CCc1[c-]cc(/C=C/C(=O)Nc2ccccc2C(=O)O)cc1.[Y]. The van der Waals surface area contributed by atoms with Crippen molar-refractivity contribution in [3.63, 3.8) is 0 Å². The van der Waals surface area contributed by atoms with E-state index in [1.54, 1.807) is 30.3 Å². The Morgan fingerprint density at radius 2 is 1.96 bits per heavy atom. The molecule has 0 spiro atoms. The predicted octanol–water partition coefficient (Wildman–Crippen LogP) is 3.60. The summed E-state index contributed by atoms with van der Waals surface area (Å²) in [5.74, 6) is -1.47. The van der Waals surface area contributed by atoms with Crippen molar-refractivity contribution < 1.29 is 47.4 Å². The number of carbonyl (C=O) groups is 2. The first kappa shape index (κ1) is 20.3. The maximum Gasteiger partial charge on any atom is 0.337 e. The van der Waals surface area contributed by atoms with Crippen LogP contribution < -0.4 is 5.32 Å². The molecule has 0 aliphatic rings. The number of nitrogens with one attached hydrogen (secondary N) is 1. The van der Waals surface area contributed by atoms with Gasteiger partial charge in [-0.3, -0.25) is 4.79 Å². The molecular formula is C19H17NO3Y-2. The van der Waals surface area contributed by atoms with Crippen LogP contribution in [0.1, 0.15) is 27.9 Å². The van der Waals surface area contributed by atoms with Gasteiger partial charge < -0.3 is 17.3 Å². The molecular weight excluding hydrogens is 379 g/mol. The number of benzene rings is 2. The summed E-state index contributed by atoms with van der Waals surface area (Å²) < 4.78 is 0. The van der Waals surface area contributed by atoms with Crippen LogP contribution >= 0.6 is 0 Å². The van der Waals surface area contributed by atoms with E-state index in [4.69, 9.17) is 5.11 Å². The summed E-state index contributed by atoms with van der Waals surface area (Å²) in [5.41, 5.74) is 2.25. The van der Waals surface area contributed by atoms with Gasteiger partial charge in [0.1, 0.15) is 0 Å². The van der Waals surface area contributed by atoms with Crippen LogP contribution in [0.5, 0.6) is 0 Å². The van der Waals surface area contributed by atoms with Crippen molar-refractivity contribution in [2.45, 2.75) is 12.8 Å². The number of carboxylic acids is 1. The molecule has 1 amide bonds. The average Bonchev–Trinajstić information content (AvgIpc) is 2.55. The number of aromatic carboxylic acids is 1. The van der Waals surface area contributed by atoms with E-state index in [9.17, 15) is 9.59 Å². The minimum absolute atomic E-state index is 0. The number of rotatable bonds is 6. The van der Waals surface area contributed by atoms with E-state index in [0.717, 1.165) is 24.0 Å². The summed E-state index contributed by atoms with van der Waals surface area (Å²) >= 11 is 0. The monoisotopic (exact) mass is 396 g/mol. The fourth-order valence-corrected chi connectivity index (χ4v) is 2.04. The average molecular weight is 396 g/mol. The number of carboxylic acid groups (broad SMARTS) is 1. The van der Waals surface area contributed by atoms with Gasteiger partial charge in [0.25, 0.3) is 0 Å². The fraction of sp³-hybridized carbons (Fsp3) is 0.105. The zero-order chi connectivity index (χ0) is 16.7. The number of amides is 1. The van der Waals surface area contributed by atoms with Crippen molar-refractivity contribution in [1.82, 2.24) is 0 Å². The Morgan fingerprint density at radius 1 is 1.21 bits per heavy atom. The molecule has 2 aromatic rings. The molecule has 0 saturated carbocycles. The number of aryl methyl sites for hydroxylation is 1. The molecule has 1 radical (unpaired) electrons. The minimum Gasteiger partial charge on any atom is -0.478 e. The number of hydrogen-bond donors (Lipinski definition) is 2. The van der Waals surface area contributed by atoms with Crippen LogP contribution in [0.3, 0.4) is 0 Å². The van der Waals surface area contributed by atoms with Crippen molar-refractivity contribution in [1.29, 1.82) is 0 Å². The smallest absolute Gasteiger partial charge is 0.337 e. The van der Waals surface area contributed by atoms with E-state index < -0.39 is 5.97 Å². The second kappa shape index (κ2) is 10.2. The van der Waals surface area contributed by atoms with Gasteiger partial charge in [-0.05, 0) is 18.2 Å². The molecule has 5 heteroatoms. The van der Waals surface area contributed by atoms with Gasteiger partial charge in [0, 0.05) is 32.7 Å². The Bertz CT molecular complexity index is 724. The first-order chi connectivity index (χ1) is 11.1. The summed E-state index contributed by atoms with van der Waals surface area (Å²) in [4.78, 5) is 23.0. The molecule has 2 aromatic carbocycles. The van der Waals surface area contributed by atoms with Crippen LogP contribution in [0.15, 0.2) is 48.5 Å². The molecule has 2 N–H and O–H groups in total. The van der Waals surface area contributed by atoms with Gasteiger partial charge in [0.15, 0.2) is 0 Å². The van der Waals surface area contributed by atoms with E-state index in [1.165, 1.54) is 12.1 Å². The second-order valence-electron chi connectivity index (χ2n) is 4.92. The van der Waals surface area contributed by atoms with Gasteiger partial charge in [0.05, 0.1) is 11.3 Å². The van der Waals surface area contributed by atoms with Crippen LogP contribution in [0.25, 0.3) is 6.08 Å². The molecule has 0 bridgehead atoms. The van der Waals surface area contributed by atoms with Crippen LogP contribution in [-0.2, 0) is 43.9 Å². The van der Waals surface area contributed by atoms with Gasteiger partial charge in [-0.1, -0.05) is 18.6 Å². The molecule has 24 heavy (non-hydrogen) atoms. The topological polar surface area (TPSA) is 66.4 Å². The van der Waals surface area contributed by atoms with Crippen LogP contribution in [0.4, 0.5) is 5.69 Å². The molecule has 2 rings (SSSR count). The van der Waals surface area contributed by atoms with E-state index >= 15 is 0 Å². The molecule has 121 valence electrons. The first-order valence-electron chi connectivity index (χ1n) is 7.21. The van der Waals surface area contributed by atoms with E-state index in [2.05, 4.69) is 18.3 Å². The van der Waals surface area contributed by atoms with E-state index in [1.807, 2.05) is 12.1 Å². The van der Waals surface area contributed by atoms with Crippen LogP contribution in [0, 0.1) is 13.0 Å². The first-order valence-corrected chi connectivity index (χ1v) is 7.21. The molecule has 0 fully saturated rings. The van der Waals surface area contributed by atoms with Gasteiger partial charge in [-0.2, -0.15) is 36.2 Å². The molecule has 0 aliphatic carbocycles. The van der Waals surface area contributed by atoms with Crippen LogP contribution in [0.2, 0.25) is 0 Å². The summed E-state index contributed by atoms with van der Waals surface area (Å²) in [5, 5.41) is 11.6. The largest absolute Gasteiger partial charge is 0.478 e. The molecule has 0 unspecified atom stereocenters. The number of para-hydroxylation sites is 1. The third-order valence-corrected chi connectivity index (χ3v) is 3.19. The molecule has 0 heterocycles. The maximum atomic E-state index is 11.9. The molecule has 0 saturated heterocycles. The van der Waals surface area contributed by atoms with Gasteiger partial charge in [-0.15, -0.1) is 11.6 Å². The zero-order valence-corrected chi connectivity index (χ0v) is 16.0. The zero-order valence-electron chi connectivity index (χ0n) is 13.2. The maximum absolute atomic E-state index is 11.9. The minimum atomic E-state index is -1.08. The molecule has 4 nitrogen and oxygen atoms in total. The molecule has 0 aromatic heterocycles. The fourth-order valence-electron chi connectivity index (χ4n) is 2.04. The summed E-state index contributed by atoms with van der Waals surface area (Å²) in [7, 11) is 0. The van der Waals surface area contributed by atoms with Crippen LogP contribution in [-0.4, -0.2) is 17.0 Å². The van der Waals surface area contributed by atoms with Crippen molar-refractivity contribution >= 4 is 23.6 Å². The number of anilines is 1. The summed E-state index contributed by atoms with van der Waals surface area (Å²) in [6.07, 6.45) is 4.71. The standard InChI is InChI=1S/C19H17NO3.Y/c1-2-5-14-8-10-15(11-9-14)12-13-18(21)20-17-7-4-3-6-16(17)19(22)23;/h3-4,6-8,10-13H,1-2,5H2,(H,20,21)(H,22,23);/q-2;/b13-12+;. The quantitative estimate of drug-likeness (QED) is 0.579.